The molecule has 0 aliphatic heterocycles. The van der Waals surface area contributed by atoms with Crippen LogP contribution >= 0.6 is 11.6 Å². The van der Waals surface area contributed by atoms with Gasteiger partial charge in [0.15, 0.2) is 0 Å². The normalized spacial score (nSPS) is 11.9. The molecule has 28 heavy (non-hydrogen) atoms. The van der Waals surface area contributed by atoms with E-state index in [0.29, 0.717) is 39.2 Å². The van der Waals surface area contributed by atoms with E-state index < -0.39 is 5.82 Å². The second-order valence-corrected chi connectivity index (χ2v) is 6.67. The lowest BCUT2D eigenvalue weighted by molar-refractivity contribution is 0.399. The molecule has 9 heteroatoms. The van der Waals surface area contributed by atoms with Crippen LogP contribution in [0.5, 0.6) is 5.88 Å². The molecule has 3 aromatic heterocycles. The predicted octanol–water partition coefficient (Wildman–Crippen LogP) is 3.99. The van der Waals surface area contributed by atoms with Gasteiger partial charge in [0.2, 0.25) is 5.88 Å². The number of hydrogen-bond acceptors (Lipinski definition) is 7. The molecular weight excluding hydrogens is 383 g/mol. The van der Waals surface area contributed by atoms with E-state index in [9.17, 15) is 4.39 Å². The van der Waals surface area contributed by atoms with Gasteiger partial charge in [-0.05, 0) is 32.0 Å². The molecule has 0 saturated heterocycles. The number of rotatable bonds is 5. The maximum atomic E-state index is 13.1. The summed E-state index contributed by atoms with van der Waals surface area (Å²) in [6, 6.07) is 4.42. The zero-order valence-corrected chi connectivity index (χ0v) is 16.4. The molecule has 3 rings (SSSR count). The average molecular weight is 403 g/mol. The average Bonchev–Trinajstić information content (AvgIpc) is 2.67. The van der Waals surface area contributed by atoms with Crippen LogP contribution in [0.1, 0.15) is 24.2 Å². The SMILES string of the molecule is COc1ncc(Cl)cc1-c1c(C)c(N[C@@H](C)c2ccc(F)cn2)nc(N)c1N. The van der Waals surface area contributed by atoms with E-state index in [4.69, 9.17) is 27.8 Å². The molecule has 1 atom stereocenters. The Morgan fingerprint density at radius 1 is 1.21 bits per heavy atom. The third-order valence-corrected chi connectivity index (χ3v) is 4.54. The van der Waals surface area contributed by atoms with E-state index in [1.54, 1.807) is 12.1 Å². The van der Waals surface area contributed by atoms with Gasteiger partial charge in [0.1, 0.15) is 17.5 Å². The Bertz CT molecular complexity index is 1010. The molecule has 0 radical (unpaired) electrons. The Morgan fingerprint density at radius 3 is 2.61 bits per heavy atom. The minimum Gasteiger partial charge on any atom is -0.481 e. The number of anilines is 3. The molecule has 0 aliphatic rings. The zero-order valence-electron chi connectivity index (χ0n) is 15.6. The van der Waals surface area contributed by atoms with Gasteiger partial charge in [-0.3, -0.25) is 4.98 Å². The number of nitrogens with zero attached hydrogens (tertiary/aromatic N) is 3. The van der Waals surface area contributed by atoms with Crippen molar-refractivity contribution in [2.45, 2.75) is 19.9 Å². The molecule has 0 fully saturated rings. The van der Waals surface area contributed by atoms with Crippen molar-refractivity contribution in [1.82, 2.24) is 15.0 Å². The fourth-order valence-electron chi connectivity index (χ4n) is 2.89. The standard InChI is InChI=1S/C19H20ClFN6O/c1-9-15(13-6-11(20)7-25-19(13)28-3)16(22)17(23)27-18(9)26-10(2)14-5-4-12(21)8-24-14/h4-8,10H,22H2,1-3H3,(H3,23,26,27)/t10-/m0/s1. The molecule has 0 saturated carbocycles. The smallest absolute Gasteiger partial charge is 0.221 e. The summed E-state index contributed by atoms with van der Waals surface area (Å²) in [4.78, 5) is 12.7. The first-order chi connectivity index (χ1) is 13.3. The van der Waals surface area contributed by atoms with E-state index in [-0.39, 0.29) is 11.9 Å². The highest BCUT2D eigenvalue weighted by molar-refractivity contribution is 6.30. The van der Waals surface area contributed by atoms with Gasteiger partial charge in [0.05, 0.1) is 35.8 Å². The van der Waals surface area contributed by atoms with E-state index in [2.05, 4.69) is 20.3 Å². The topological polar surface area (TPSA) is 112 Å². The minimum absolute atomic E-state index is 0.157. The molecule has 0 spiro atoms. The lowest BCUT2D eigenvalue weighted by Crippen LogP contribution is -2.13. The Balaban J connectivity index is 2.08. The highest BCUT2D eigenvalue weighted by Gasteiger charge is 2.21. The molecular formula is C19H20ClFN6O. The van der Waals surface area contributed by atoms with Crippen molar-refractivity contribution in [1.29, 1.82) is 0 Å². The molecule has 0 aromatic carbocycles. The van der Waals surface area contributed by atoms with Gasteiger partial charge in [-0.2, -0.15) is 0 Å². The predicted molar refractivity (Wildman–Crippen MR) is 109 cm³/mol. The molecule has 146 valence electrons. The Morgan fingerprint density at radius 2 is 1.96 bits per heavy atom. The summed E-state index contributed by atoms with van der Waals surface area (Å²) in [6.45, 7) is 3.74. The number of nitrogens with two attached hydrogens (primary N) is 2. The van der Waals surface area contributed by atoms with E-state index in [0.717, 1.165) is 5.56 Å². The van der Waals surface area contributed by atoms with Crippen LogP contribution < -0.4 is 21.5 Å². The monoisotopic (exact) mass is 402 g/mol. The number of nitrogen functional groups attached to an aromatic ring is 2. The third kappa shape index (κ3) is 3.77. The lowest BCUT2D eigenvalue weighted by Gasteiger charge is -2.20. The van der Waals surface area contributed by atoms with Crippen molar-refractivity contribution >= 4 is 28.9 Å². The second-order valence-electron chi connectivity index (χ2n) is 6.24. The fourth-order valence-corrected chi connectivity index (χ4v) is 3.05. The Labute approximate surface area is 166 Å². The van der Waals surface area contributed by atoms with Gasteiger partial charge in [-0.15, -0.1) is 0 Å². The van der Waals surface area contributed by atoms with Crippen molar-refractivity contribution < 1.29 is 9.13 Å². The summed E-state index contributed by atoms with van der Waals surface area (Å²) >= 11 is 6.12. The highest BCUT2D eigenvalue weighted by Crippen LogP contribution is 2.41. The van der Waals surface area contributed by atoms with Crippen LogP contribution in [-0.2, 0) is 0 Å². The van der Waals surface area contributed by atoms with Crippen molar-refractivity contribution in [3.8, 4) is 17.0 Å². The van der Waals surface area contributed by atoms with Crippen LogP contribution in [0.2, 0.25) is 5.02 Å². The maximum Gasteiger partial charge on any atom is 0.221 e. The van der Waals surface area contributed by atoms with Gasteiger partial charge in [-0.25, -0.2) is 14.4 Å². The molecule has 0 amide bonds. The number of aromatic nitrogens is 3. The van der Waals surface area contributed by atoms with Gasteiger partial charge in [0, 0.05) is 22.9 Å². The van der Waals surface area contributed by atoms with Gasteiger partial charge < -0.3 is 21.5 Å². The second kappa shape index (κ2) is 7.85. The molecule has 3 aromatic rings. The van der Waals surface area contributed by atoms with E-state index in [1.807, 2.05) is 13.8 Å². The minimum atomic E-state index is -0.398. The summed E-state index contributed by atoms with van der Waals surface area (Å²) in [6.07, 6.45) is 2.65. The highest BCUT2D eigenvalue weighted by atomic mass is 35.5. The van der Waals surface area contributed by atoms with Crippen LogP contribution in [0, 0.1) is 12.7 Å². The summed E-state index contributed by atoms with van der Waals surface area (Å²) in [7, 11) is 1.51. The molecule has 0 bridgehead atoms. The molecule has 5 N–H and O–H groups in total. The van der Waals surface area contributed by atoms with Gasteiger partial charge >= 0.3 is 0 Å². The number of ether oxygens (including phenoxy) is 1. The van der Waals surface area contributed by atoms with Gasteiger partial charge in [0.25, 0.3) is 0 Å². The van der Waals surface area contributed by atoms with Crippen molar-refractivity contribution in [2.75, 3.05) is 23.9 Å². The van der Waals surface area contributed by atoms with E-state index >= 15 is 0 Å². The molecule has 3 heterocycles. The number of methoxy groups -OCH3 is 1. The summed E-state index contributed by atoms with van der Waals surface area (Å²) in [5.74, 6) is 0.639. The van der Waals surface area contributed by atoms with Gasteiger partial charge in [-0.1, -0.05) is 11.6 Å². The van der Waals surface area contributed by atoms with Crippen molar-refractivity contribution in [3.63, 3.8) is 0 Å². The summed E-state index contributed by atoms with van der Waals surface area (Å²) in [5, 5.41) is 3.68. The number of halogens is 2. The van der Waals surface area contributed by atoms with E-state index in [1.165, 1.54) is 25.6 Å². The first kappa shape index (κ1) is 19.6. The molecule has 0 aliphatic carbocycles. The zero-order chi connectivity index (χ0) is 20.4. The van der Waals surface area contributed by atoms with Crippen LogP contribution in [0.15, 0.2) is 30.6 Å². The van der Waals surface area contributed by atoms with Crippen LogP contribution in [-0.4, -0.2) is 22.1 Å². The third-order valence-electron chi connectivity index (χ3n) is 4.34. The van der Waals surface area contributed by atoms with Crippen LogP contribution in [0.25, 0.3) is 11.1 Å². The molecule has 0 unspecified atom stereocenters. The summed E-state index contributed by atoms with van der Waals surface area (Å²) in [5.41, 5.74) is 15.2. The van der Waals surface area contributed by atoms with Crippen LogP contribution in [0.4, 0.5) is 21.7 Å². The quantitative estimate of drug-likeness (QED) is 0.591. The maximum absolute atomic E-state index is 13.1. The lowest BCUT2D eigenvalue weighted by atomic mass is 10.00. The number of pyridine rings is 3. The molecule has 7 nitrogen and oxygen atoms in total. The number of nitrogens with one attached hydrogen (secondary N) is 1. The van der Waals surface area contributed by atoms with Crippen molar-refractivity contribution in [3.05, 3.63) is 52.7 Å². The first-order valence-electron chi connectivity index (χ1n) is 8.45. The van der Waals surface area contributed by atoms with Crippen molar-refractivity contribution in [2.24, 2.45) is 0 Å². The fraction of sp³-hybridized carbons (Fsp3) is 0.211. The Hall–Kier alpha value is -3.13. The Kier molecular flexibility index (Phi) is 5.51. The van der Waals surface area contributed by atoms with Crippen LogP contribution in [0.3, 0.4) is 0 Å². The first-order valence-corrected chi connectivity index (χ1v) is 8.83. The summed E-state index contributed by atoms with van der Waals surface area (Å²) < 4.78 is 18.5. The number of hydrogen-bond donors (Lipinski definition) is 3. The largest absolute Gasteiger partial charge is 0.481 e.